The number of furan rings is 1. The monoisotopic (exact) mass is 447 g/mol. The van der Waals surface area contributed by atoms with Crippen LogP contribution in [-0.2, 0) is 11.3 Å². The van der Waals surface area contributed by atoms with Crippen LogP contribution in [0.5, 0.6) is 0 Å². The summed E-state index contributed by atoms with van der Waals surface area (Å²) in [6.45, 7) is -0.475. The topological polar surface area (TPSA) is 86.2 Å². The Bertz CT molecular complexity index is 1650. The van der Waals surface area contributed by atoms with Gasteiger partial charge in [-0.25, -0.2) is 18.1 Å². The van der Waals surface area contributed by atoms with Crippen LogP contribution < -0.4 is 16.6 Å². The van der Waals surface area contributed by atoms with Gasteiger partial charge in [-0.2, -0.15) is 0 Å². The molecule has 3 aromatic carbocycles. The van der Waals surface area contributed by atoms with E-state index in [0.717, 1.165) is 27.3 Å². The lowest BCUT2D eigenvalue weighted by atomic mass is 10.2. The number of amides is 1. The van der Waals surface area contributed by atoms with Gasteiger partial charge in [0.05, 0.1) is 5.69 Å². The van der Waals surface area contributed by atoms with Gasteiger partial charge in [-0.15, -0.1) is 0 Å². The quantitative estimate of drug-likeness (QED) is 0.454. The Labute approximate surface area is 184 Å². The number of fused-ring (bicyclic) bond motifs is 3. The minimum absolute atomic E-state index is 0.119. The van der Waals surface area contributed by atoms with Crippen LogP contribution in [0, 0.1) is 11.6 Å². The number of halogens is 2. The Hall–Kier alpha value is -4.53. The number of hydrogen-bond acceptors (Lipinski definition) is 4. The fraction of sp³-hybridized carbons (Fsp3) is 0.0417. The summed E-state index contributed by atoms with van der Waals surface area (Å²) in [5, 5.41) is 3.02. The second-order valence-electron chi connectivity index (χ2n) is 7.32. The zero-order valence-corrected chi connectivity index (χ0v) is 16.9. The van der Waals surface area contributed by atoms with Crippen LogP contribution in [0.4, 0.5) is 14.5 Å². The van der Waals surface area contributed by atoms with Gasteiger partial charge in [-0.05, 0) is 54.6 Å². The number of nitrogens with zero attached hydrogens (tertiary/aromatic N) is 2. The van der Waals surface area contributed by atoms with Crippen molar-refractivity contribution in [3.8, 4) is 5.69 Å². The Kier molecular flexibility index (Phi) is 4.86. The molecule has 33 heavy (non-hydrogen) atoms. The van der Waals surface area contributed by atoms with Crippen molar-refractivity contribution in [3.63, 3.8) is 0 Å². The number of anilines is 1. The minimum Gasteiger partial charge on any atom is -0.449 e. The van der Waals surface area contributed by atoms with Crippen molar-refractivity contribution < 1.29 is 18.0 Å². The molecule has 5 rings (SSSR count). The molecule has 7 nitrogen and oxygen atoms in total. The summed E-state index contributed by atoms with van der Waals surface area (Å²) in [5.41, 5.74) is -0.812. The molecule has 0 unspecified atom stereocenters. The second-order valence-corrected chi connectivity index (χ2v) is 7.32. The van der Waals surface area contributed by atoms with E-state index in [0.29, 0.717) is 11.0 Å². The number of carbonyl (C=O) groups is 1. The summed E-state index contributed by atoms with van der Waals surface area (Å²) in [4.78, 5) is 39.4. The lowest BCUT2D eigenvalue weighted by molar-refractivity contribution is -0.116. The summed E-state index contributed by atoms with van der Waals surface area (Å²) >= 11 is 0. The van der Waals surface area contributed by atoms with Crippen LogP contribution in [-0.4, -0.2) is 15.0 Å². The Balaban J connectivity index is 1.72. The van der Waals surface area contributed by atoms with Gasteiger partial charge < -0.3 is 9.73 Å². The summed E-state index contributed by atoms with van der Waals surface area (Å²) < 4.78 is 34.6. The molecule has 0 saturated carbocycles. The molecule has 0 spiro atoms. The van der Waals surface area contributed by atoms with Crippen LogP contribution in [0.2, 0.25) is 0 Å². The van der Waals surface area contributed by atoms with Gasteiger partial charge in [0.1, 0.15) is 29.3 Å². The predicted molar refractivity (Wildman–Crippen MR) is 119 cm³/mol. The van der Waals surface area contributed by atoms with Crippen molar-refractivity contribution in [1.29, 1.82) is 0 Å². The number of nitrogens with one attached hydrogen (secondary N) is 1. The first-order chi connectivity index (χ1) is 15.9. The molecule has 0 fully saturated rings. The third kappa shape index (κ3) is 3.59. The summed E-state index contributed by atoms with van der Waals surface area (Å²) in [5.74, 6) is -1.68. The van der Waals surface area contributed by atoms with E-state index in [9.17, 15) is 23.2 Å². The van der Waals surface area contributed by atoms with Crippen LogP contribution >= 0.6 is 0 Å². The number of hydrogen-bond donors (Lipinski definition) is 1. The summed E-state index contributed by atoms with van der Waals surface area (Å²) in [7, 11) is 0. The van der Waals surface area contributed by atoms with Crippen molar-refractivity contribution in [3.05, 3.63) is 105 Å². The third-order valence-corrected chi connectivity index (χ3v) is 5.15. The Morgan fingerprint density at radius 1 is 0.909 bits per heavy atom. The zero-order chi connectivity index (χ0) is 23.1. The van der Waals surface area contributed by atoms with E-state index >= 15 is 0 Å². The first-order valence-corrected chi connectivity index (χ1v) is 9.91. The average Bonchev–Trinajstić information content (AvgIpc) is 3.18. The summed E-state index contributed by atoms with van der Waals surface area (Å²) in [6, 6.07) is 16.8. The van der Waals surface area contributed by atoms with Crippen LogP contribution in [0.25, 0.3) is 27.8 Å². The smallest absolute Gasteiger partial charge is 0.336 e. The maximum absolute atomic E-state index is 13.5. The molecule has 9 heteroatoms. The van der Waals surface area contributed by atoms with E-state index in [1.165, 1.54) is 30.3 Å². The van der Waals surface area contributed by atoms with Crippen LogP contribution in [0.1, 0.15) is 0 Å². The van der Waals surface area contributed by atoms with E-state index in [2.05, 4.69) is 5.32 Å². The highest BCUT2D eigenvalue weighted by atomic mass is 19.1. The molecular formula is C24H15F2N3O4. The molecule has 5 aromatic rings. The van der Waals surface area contributed by atoms with Crippen molar-refractivity contribution in [1.82, 2.24) is 9.13 Å². The Morgan fingerprint density at radius 2 is 1.67 bits per heavy atom. The first kappa shape index (κ1) is 20.4. The van der Waals surface area contributed by atoms with E-state index in [1.54, 1.807) is 24.3 Å². The number of benzene rings is 3. The number of aromatic nitrogens is 2. The fourth-order valence-electron chi connectivity index (χ4n) is 3.72. The molecule has 0 saturated heterocycles. The van der Waals surface area contributed by atoms with Crippen LogP contribution in [0.3, 0.4) is 0 Å². The number of rotatable bonds is 4. The molecule has 1 N–H and O–H groups in total. The molecule has 0 bridgehead atoms. The van der Waals surface area contributed by atoms with Crippen molar-refractivity contribution >= 4 is 33.7 Å². The summed E-state index contributed by atoms with van der Waals surface area (Å²) in [6.07, 6.45) is 0. The van der Waals surface area contributed by atoms with E-state index in [4.69, 9.17) is 4.42 Å². The molecule has 1 amide bonds. The van der Waals surface area contributed by atoms with Gasteiger partial charge >= 0.3 is 11.2 Å². The molecular weight excluding hydrogens is 432 g/mol. The second kappa shape index (κ2) is 7.86. The maximum atomic E-state index is 13.5. The van der Waals surface area contributed by atoms with Gasteiger partial charge in [0.2, 0.25) is 11.5 Å². The number of para-hydroxylation sites is 1. The first-order valence-electron chi connectivity index (χ1n) is 9.91. The van der Waals surface area contributed by atoms with E-state index in [1.807, 2.05) is 0 Å². The highest BCUT2D eigenvalue weighted by Crippen LogP contribution is 2.26. The molecule has 2 aromatic heterocycles. The van der Waals surface area contributed by atoms with Crippen molar-refractivity contribution in [2.45, 2.75) is 6.54 Å². The lowest BCUT2D eigenvalue weighted by Gasteiger charge is -2.12. The van der Waals surface area contributed by atoms with E-state index in [-0.39, 0.29) is 22.5 Å². The lowest BCUT2D eigenvalue weighted by Crippen LogP contribution is -2.40. The third-order valence-electron chi connectivity index (χ3n) is 5.15. The minimum atomic E-state index is -0.806. The zero-order valence-electron chi connectivity index (χ0n) is 16.9. The average molecular weight is 447 g/mol. The van der Waals surface area contributed by atoms with Gasteiger partial charge in [-0.1, -0.05) is 18.2 Å². The molecule has 0 aliphatic heterocycles. The van der Waals surface area contributed by atoms with Crippen molar-refractivity contribution in [2.24, 2.45) is 0 Å². The molecule has 0 aliphatic carbocycles. The normalized spacial score (nSPS) is 11.2. The molecule has 0 radical (unpaired) electrons. The van der Waals surface area contributed by atoms with Gasteiger partial charge in [0.25, 0.3) is 0 Å². The largest absolute Gasteiger partial charge is 0.449 e. The highest BCUT2D eigenvalue weighted by molar-refractivity contribution is 6.03. The fourth-order valence-corrected chi connectivity index (χ4v) is 3.72. The SMILES string of the molecule is O=C(Cn1c(=O)n(-c2ccc(F)cc2)c(=O)c2oc3ccccc3c21)Nc1cccc(F)c1. The van der Waals surface area contributed by atoms with Gasteiger partial charge in [0.15, 0.2) is 0 Å². The molecule has 0 aliphatic rings. The predicted octanol–water partition coefficient (Wildman–Crippen LogP) is 3.82. The van der Waals surface area contributed by atoms with Gasteiger partial charge in [-0.3, -0.25) is 14.2 Å². The molecule has 164 valence electrons. The van der Waals surface area contributed by atoms with Crippen LogP contribution in [0.15, 0.2) is 86.8 Å². The standard InChI is InChI=1S/C24H15F2N3O4/c25-14-8-10-17(11-9-14)29-23(31)22-21(18-6-1-2-7-19(18)33-22)28(24(29)32)13-20(30)27-16-5-3-4-15(26)12-16/h1-12H,13H2,(H,27,30). The van der Waals surface area contributed by atoms with E-state index < -0.39 is 35.3 Å². The Morgan fingerprint density at radius 3 is 2.42 bits per heavy atom. The molecule has 2 heterocycles. The highest BCUT2D eigenvalue weighted by Gasteiger charge is 2.22. The van der Waals surface area contributed by atoms with Gasteiger partial charge in [0, 0.05) is 11.1 Å². The maximum Gasteiger partial charge on any atom is 0.336 e. The molecule has 0 atom stereocenters. The van der Waals surface area contributed by atoms with Crippen molar-refractivity contribution in [2.75, 3.05) is 5.32 Å². The number of carbonyl (C=O) groups excluding carboxylic acids is 1.